The van der Waals surface area contributed by atoms with E-state index in [-0.39, 0.29) is 35.9 Å². The van der Waals surface area contributed by atoms with Gasteiger partial charge in [0.05, 0.1) is 12.5 Å². The molecule has 0 radical (unpaired) electrons. The van der Waals surface area contributed by atoms with Crippen LogP contribution in [0.2, 0.25) is 5.02 Å². The first-order chi connectivity index (χ1) is 13.2. The van der Waals surface area contributed by atoms with Crippen LogP contribution >= 0.6 is 11.6 Å². The average molecular weight is 406 g/mol. The number of ether oxygens (including phenoxy) is 3. The first-order valence-corrected chi connectivity index (χ1v) is 9.46. The summed E-state index contributed by atoms with van der Waals surface area (Å²) in [7, 11) is 1.52. The zero-order valence-electron chi connectivity index (χ0n) is 16.2. The van der Waals surface area contributed by atoms with Crippen molar-refractivity contribution in [3.8, 4) is 0 Å². The van der Waals surface area contributed by atoms with Crippen LogP contribution in [0.25, 0.3) is 0 Å². The van der Waals surface area contributed by atoms with Gasteiger partial charge in [-0.3, -0.25) is 4.79 Å². The van der Waals surface area contributed by atoms with E-state index in [4.69, 9.17) is 31.5 Å². The van der Waals surface area contributed by atoms with E-state index in [2.05, 4.69) is 0 Å². The molecule has 2 aliphatic rings. The highest BCUT2D eigenvalue weighted by atomic mass is 35.5. The molecule has 0 saturated carbocycles. The number of hydrogen-bond acceptors (Lipinski definition) is 6. The fraction of sp³-hybridized carbons (Fsp3) is 0.429. The van der Waals surface area contributed by atoms with Crippen molar-refractivity contribution in [3.63, 3.8) is 0 Å². The maximum absolute atomic E-state index is 13.0. The molecule has 0 aromatic heterocycles. The second-order valence-corrected chi connectivity index (χ2v) is 8.21. The van der Waals surface area contributed by atoms with Gasteiger partial charge < -0.3 is 19.9 Å². The minimum absolute atomic E-state index is 0.0355. The van der Waals surface area contributed by atoms with Crippen LogP contribution in [0.5, 0.6) is 0 Å². The van der Waals surface area contributed by atoms with E-state index >= 15 is 0 Å². The number of Topliss-reactive ketones (excluding diaryl/α,β-unsaturated/α-hetero) is 1. The summed E-state index contributed by atoms with van der Waals surface area (Å²) in [5.41, 5.74) is 7.23. The van der Waals surface area contributed by atoms with Crippen LogP contribution in [0.15, 0.2) is 47.1 Å². The molecule has 150 valence electrons. The maximum atomic E-state index is 13.0. The highest BCUT2D eigenvalue weighted by Crippen LogP contribution is 2.48. The minimum Gasteiger partial charge on any atom is -0.460 e. The summed E-state index contributed by atoms with van der Waals surface area (Å²) in [6, 6.07) is 7.00. The molecule has 1 aliphatic heterocycles. The lowest BCUT2D eigenvalue weighted by atomic mass is 9.70. The second kappa shape index (κ2) is 7.97. The van der Waals surface area contributed by atoms with Gasteiger partial charge in [-0.2, -0.15) is 0 Å². The Hall–Kier alpha value is -2.31. The third-order valence-electron chi connectivity index (χ3n) is 4.90. The predicted octanol–water partition coefficient (Wildman–Crippen LogP) is 3.46. The lowest BCUT2D eigenvalue weighted by Crippen LogP contribution is -2.35. The van der Waals surface area contributed by atoms with Crippen LogP contribution in [0.1, 0.15) is 38.2 Å². The average Bonchev–Trinajstić information content (AvgIpc) is 2.60. The lowest BCUT2D eigenvalue weighted by Gasteiger charge is -2.38. The number of rotatable bonds is 5. The number of carbonyl (C=O) groups is 2. The number of carbonyl (C=O) groups excluding carboxylic acids is 2. The molecule has 1 atom stereocenters. The number of hydrogen-bond donors (Lipinski definition) is 1. The zero-order valence-corrected chi connectivity index (χ0v) is 17.0. The van der Waals surface area contributed by atoms with E-state index < -0.39 is 11.9 Å². The largest absolute Gasteiger partial charge is 0.460 e. The van der Waals surface area contributed by atoms with Gasteiger partial charge in [-0.05, 0) is 23.1 Å². The van der Waals surface area contributed by atoms with Crippen molar-refractivity contribution < 1.29 is 23.8 Å². The molecule has 0 amide bonds. The zero-order chi connectivity index (χ0) is 20.5. The Morgan fingerprint density at radius 2 is 1.93 bits per heavy atom. The molecule has 7 heteroatoms. The highest BCUT2D eigenvalue weighted by Gasteiger charge is 2.45. The summed E-state index contributed by atoms with van der Waals surface area (Å²) in [6.07, 6.45) is 0.927. The number of esters is 1. The summed E-state index contributed by atoms with van der Waals surface area (Å²) < 4.78 is 16.0. The number of allylic oxidation sites excluding steroid dienone is 2. The van der Waals surface area contributed by atoms with Crippen LogP contribution in [-0.2, 0) is 23.8 Å². The van der Waals surface area contributed by atoms with E-state index in [1.165, 1.54) is 7.11 Å². The van der Waals surface area contributed by atoms with Gasteiger partial charge in [-0.25, -0.2) is 4.79 Å². The molecule has 1 aliphatic carbocycles. The third kappa shape index (κ3) is 4.08. The fourth-order valence-electron chi connectivity index (χ4n) is 3.67. The Bertz CT molecular complexity index is 854. The lowest BCUT2D eigenvalue weighted by molar-refractivity contribution is -0.140. The molecule has 0 bridgehead atoms. The van der Waals surface area contributed by atoms with Gasteiger partial charge in [0.1, 0.15) is 17.9 Å². The van der Waals surface area contributed by atoms with E-state index in [0.717, 1.165) is 5.56 Å². The highest BCUT2D eigenvalue weighted by molar-refractivity contribution is 6.30. The molecule has 0 saturated heterocycles. The smallest absolute Gasteiger partial charge is 0.340 e. The third-order valence-corrected chi connectivity index (χ3v) is 5.15. The van der Waals surface area contributed by atoms with Gasteiger partial charge >= 0.3 is 5.97 Å². The van der Waals surface area contributed by atoms with Crippen LogP contribution in [0.3, 0.4) is 0 Å². The molecule has 1 aromatic rings. The summed E-state index contributed by atoms with van der Waals surface area (Å²) in [4.78, 5) is 25.8. The maximum Gasteiger partial charge on any atom is 0.340 e. The second-order valence-electron chi connectivity index (χ2n) is 7.77. The summed E-state index contributed by atoms with van der Waals surface area (Å²) >= 11 is 6.02. The van der Waals surface area contributed by atoms with Crippen molar-refractivity contribution >= 4 is 23.4 Å². The molecular weight excluding hydrogens is 382 g/mol. The Kier molecular flexibility index (Phi) is 5.82. The molecular formula is C21H24ClNO5. The first kappa shape index (κ1) is 20.4. The fourth-order valence-corrected chi connectivity index (χ4v) is 3.79. The quantitative estimate of drug-likeness (QED) is 0.596. The van der Waals surface area contributed by atoms with Crippen molar-refractivity contribution in [1.82, 2.24) is 0 Å². The van der Waals surface area contributed by atoms with Crippen LogP contribution in [0.4, 0.5) is 0 Å². The first-order valence-electron chi connectivity index (χ1n) is 9.09. The number of methoxy groups -OCH3 is 1. The molecule has 0 spiro atoms. The van der Waals surface area contributed by atoms with Gasteiger partial charge in [-0.15, -0.1) is 0 Å². The normalized spacial score (nSPS) is 21.3. The van der Waals surface area contributed by atoms with Crippen molar-refractivity contribution in [2.75, 3.05) is 20.3 Å². The van der Waals surface area contributed by atoms with Crippen molar-refractivity contribution in [1.29, 1.82) is 0 Å². The number of ketones is 1. The van der Waals surface area contributed by atoms with Crippen LogP contribution < -0.4 is 5.73 Å². The molecule has 2 N–H and O–H groups in total. The van der Waals surface area contributed by atoms with Crippen molar-refractivity contribution in [3.05, 3.63) is 57.6 Å². The summed E-state index contributed by atoms with van der Waals surface area (Å²) in [5, 5.41) is 0.558. The summed E-state index contributed by atoms with van der Waals surface area (Å²) in [5.74, 6) is -0.849. The Morgan fingerprint density at radius 3 is 2.57 bits per heavy atom. The van der Waals surface area contributed by atoms with Crippen molar-refractivity contribution in [2.45, 2.75) is 32.6 Å². The minimum atomic E-state index is -0.653. The van der Waals surface area contributed by atoms with Crippen LogP contribution in [-0.4, -0.2) is 32.1 Å². The van der Waals surface area contributed by atoms with Crippen LogP contribution in [0, 0.1) is 5.41 Å². The molecule has 3 rings (SSSR count). The topological polar surface area (TPSA) is 87.8 Å². The van der Waals surface area contributed by atoms with E-state index in [1.807, 2.05) is 13.8 Å². The van der Waals surface area contributed by atoms with Gasteiger partial charge in [0.15, 0.2) is 5.78 Å². The molecule has 0 fully saturated rings. The number of benzene rings is 1. The number of nitrogens with two attached hydrogens (primary N) is 1. The SMILES string of the molecule is COCCOC(=O)C1=C(N)OC2=C(C(=O)CC(C)(C)C2)[C@@H]1c1ccc(Cl)cc1. The Labute approximate surface area is 169 Å². The Balaban J connectivity index is 2.07. The van der Waals surface area contributed by atoms with Gasteiger partial charge in [0, 0.05) is 30.5 Å². The van der Waals surface area contributed by atoms with Gasteiger partial charge in [0.25, 0.3) is 0 Å². The monoisotopic (exact) mass is 405 g/mol. The molecule has 1 heterocycles. The van der Waals surface area contributed by atoms with E-state index in [1.54, 1.807) is 24.3 Å². The molecule has 28 heavy (non-hydrogen) atoms. The van der Waals surface area contributed by atoms with E-state index in [0.29, 0.717) is 29.2 Å². The van der Waals surface area contributed by atoms with Gasteiger partial charge in [0.2, 0.25) is 5.88 Å². The van der Waals surface area contributed by atoms with Crippen molar-refractivity contribution in [2.24, 2.45) is 11.1 Å². The van der Waals surface area contributed by atoms with Gasteiger partial charge in [-0.1, -0.05) is 37.6 Å². The number of halogens is 1. The van der Waals surface area contributed by atoms with E-state index in [9.17, 15) is 9.59 Å². The molecule has 0 unspecified atom stereocenters. The predicted molar refractivity (Wildman–Crippen MR) is 104 cm³/mol. The Morgan fingerprint density at radius 1 is 1.25 bits per heavy atom. The standard InChI is InChI=1S/C21H24ClNO5/c1-21(2)10-14(24)17-15(11-21)28-19(23)18(20(25)27-9-8-26-3)16(17)12-4-6-13(22)7-5-12/h4-7,16H,8-11,23H2,1-3H3/t16-/m0/s1. The summed E-state index contributed by atoms with van der Waals surface area (Å²) in [6.45, 7) is 4.34. The molecule has 1 aromatic carbocycles. The molecule has 6 nitrogen and oxygen atoms in total.